The highest BCUT2D eigenvalue weighted by Gasteiger charge is 2.60. The van der Waals surface area contributed by atoms with Crippen LogP contribution < -0.4 is 5.32 Å². The van der Waals surface area contributed by atoms with Gasteiger partial charge in [-0.2, -0.15) is 5.10 Å². The molecule has 0 bridgehead atoms. The molecule has 1 N–H and O–H groups in total. The summed E-state index contributed by atoms with van der Waals surface area (Å²) in [5.74, 6) is 6.65. The Labute approximate surface area is 219 Å². The first-order chi connectivity index (χ1) is 17.3. The number of rotatable bonds is 6. The van der Waals surface area contributed by atoms with Crippen molar-refractivity contribution in [3.05, 3.63) is 42.1 Å². The maximum absolute atomic E-state index is 4.84. The third-order valence-electron chi connectivity index (χ3n) is 11.8. The Morgan fingerprint density at radius 2 is 1.72 bits per heavy atom. The third kappa shape index (κ3) is 3.86. The van der Waals surface area contributed by atoms with Crippen molar-refractivity contribution in [3.8, 4) is 5.69 Å². The van der Waals surface area contributed by atoms with Crippen molar-refractivity contribution in [2.75, 3.05) is 5.32 Å². The number of nitrogens with zero attached hydrogens (tertiary/aromatic N) is 2. The highest BCUT2D eigenvalue weighted by atomic mass is 15.3. The number of fused-ring (bicyclic) bond motifs is 6. The van der Waals surface area contributed by atoms with Crippen molar-refractivity contribution in [1.29, 1.82) is 0 Å². The van der Waals surface area contributed by atoms with Crippen LogP contribution in [0.15, 0.2) is 36.5 Å². The number of para-hydroxylation sites is 1. The average molecular weight is 488 g/mol. The van der Waals surface area contributed by atoms with E-state index in [4.69, 9.17) is 5.10 Å². The van der Waals surface area contributed by atoms with Crippen LogP contribution in [0, 0.1) is 46.3 Å². The van der Waals surface area contributed by atoms with E-state index in [0.29, 0.717) is 16.9 Å². The van der Waals surface area contributed by atoms with E-state index in [1.165, 1.54) is 75.6 Å². The van der Waals surface area contributed by atoms with Gasteiger partial charge >= 0.3 is 0 Å². The van der Waals surface area contributed by atoms with E-state index in [2.05, 4.69) is 81.1 Å². The zero-order valence-corrected chi connectivity index (χ0v) is 23.5. The van der Waals surface area contributed by atoms with Gasteiger partial charge < -0.3 is 5.32 Å². The molecule has 3 fully saturated rings. The summed E-state index contributed by atoms with van der Waals surface area (Å²) >= 11 is 0. The van der Waals surface area contributed by atoms with Gasteiger partial charge in [0.05, 0.1) is 11.9 Å². The second-order valence-electron chi connectivity index (χ2n) is 14.1. The summed E-state index contributed by atoms with van der Waals surface area (Å²) in [6.07, 6.45) is 16.2. The molecule has 2 heterocycles. The minimum Gasteiger partial charge on any atom is -0.366 e. The van der Waals surface area contributed by atoms with Gasteiger partial charge in [-0.3, -0.25) is 0 Å². The molecular weight excluding hydrogens is 438 g/mol. The van der Waals surface area contributed by atoms with Gasteiger partial charge in [0.25, 0.3) is 0 Å². The largest absolute Gasteiger partial charge is 0.366 e. The first-order valence-corrected chi connectivity index (χ1v) is 15.2. The maximum Gasteiger partial charge on any atom is 0.133 e. The van der Waals surface area contributed by atoms with Crippen molar-refractivity contribution < 1.29 is 0 Å². The minimum atomic E-state index is 0.350. The summed E-state index contributed by atoms with van der Waals surface area (Å²) < 4.78 is 2.14. The fraction of sp³-hybridized carbons (Fsp3) is 0.727. The van der Waals surface area contributed by atoms with Crippen LogP contribution in [0.25, 0.3) is 5.69 Å². The molecule has 1 aromatic carbocycles. The van der Waals surface area contributed by atoms with Gasteiger partial charge in [-0.25, -0.2) is 4.68 Å². The molecule has 0 radical (unpaired) electrons. The van der Waals surface area contributed by atoms with Gasteiger partial charge in [0.2, 0.25) is 0 Å². The Morgan fingerprint density at radius 1 is 0.944 bits per heavy atom. The van der Waals surface area contributed by atoms with Gasteiger partial charge in [0, 0.05) is 11.6 Å². The van der Waals surface area contributed by atoms with E-state index in [1.807, 2.05) is 0 Å². The van der Waals surface area contributed by atoms with Crippen LogP contribution in [0.2, 0.25) is 0 Å². The molecule has 0 spiro atoms. The van der Waals surface area contributed by atoms with Crippen molar-refractivity contribution in [2.24, 2.45) is 46.3 Å². The van der Waals surface area contributed by atoms with E-state index < -0.39 is 0 Å². The van der Waals surface area contributed by atoms with Gasteiger partial charge in [0.1, 0.15) is 5.82 Å². The molecule has 3 heteroatoms. The molecule has 3 saturated carbocycles. The number of anilines is 1. The normalized spacial score (nSPS) is 38.0. The zero-order chi connectivity index (χ0) is 25.1. The van der Waals surface area contributed by atoms with Crippen LogP contribution in [0.4, 0.5) is 5.82 Å². The summed E-state index contributed by atoms with van der Waals surface area (Å²) in [6.45, 7) is 12.7. The van der Waals surface area contributed by atoms with E-state index in [-0.39, 0.29) is 0 Å². The fourth-order valence-corrected chi connectivity index (χ4v) is 9.98. The molecule has 4 aliphatic rings. The van der Waals surface area contributed by atoms with Gasteiger partial charge in [-0.15, -0.1) is 0 Å². The number of nitrogens with one attached hydrogen (secondary N) is 1. The van der Waals surface area contributed by atoms with E-state index in [9.17, 15) is 0 Å². The Hall–Kier alpha value is -1.77. The number of benzene rings is 1. The van der Waals surface area contributed by atoms with Gasteiger partial charge in [-0.1, -0.05) is 72.1 Å². The lowest BCUT2D eigenvalue weighted by Crippen LogP contribution is -2.58. The molecule has 3 nitrogen and oxygen atoms in total. The SMILES string of the molecule is CC(C)CCC[C@@H](C)[C@H]1CC[C@H]2[C@@H]3CC[C@H]4Nc5c(cnn5-c5ccccc5)C[C@]4(C)[C@H]3CC[C@]12C. The monoisotopic (exact) mass is 487 g/mol. The summed E-state index contributed by atoms with van der Waals surface area (Å²) in [5, 5.41) is 8.89. The topological polar surface area (TPSA) is 29.9 Å². The van der Waals surface area contributed by atoms with Crippen molar-refractivity contribution in [3.63, 3.8) is 0 Å². The van der Waals surface area contributed by atoms with Crippen molar-refractivity contribution in [1.82, 2.24) is 9.78 Å². The number of hydrogen-bond acceptors (Lipinski definition) is 2. The lowest BCUT2D eigenvalue weighted by Gasteiger charge is -2.60. The van der Waals surface area contributed by atoms with Crippen LogP contribution in [-0.4, -0.2) is 15.8 Å². The lowest BCUT2D eigenvalue weighted by molar-refractivity contribution is -0.0809. The standard InChI is InChI=1S/C33H49N3/c1-22(2)10-9-11-23(3)27-15-16-28-26-14-17-30-33(5,29(26)18-19-32(27,28)4)20-24-21-34-36(31(24)35-30)25-12-7-6-8-13-25/h6-8,12-13,21-23,26-30,35H,9-11,14-20H2,1-5H3/t23-,26+,27-,28+,29+,30-,32-,33-/m1/s1. The lowest BCUT2D eigenvalue weighted by atomic mass is 9.46. The molecule has 196 valence electrons. The molecule has 6 rings (SSSR count). The Kier molecular flexibility index (Phi) is 6.28. The molecule has 1 aromatic heterocycles. The highest BCUT2D eigenvalue weighted by Crippen LogP contribution is 2.67. The highest BCUT2D eigenvalue weighted by molar-refractivity contribution is 5.54. The summed E-state index contributed by atoms with van der Waals surface area (Å²) in [7, 11) is 0. The van der Waals surface area contributed by atoms with Crippen LogP contribution in [0.1, 0.15) is 98.0 Å². The average Bonchev–Trinajstić information content (AvgIpc) is 3.42. The van der Waals surface area contributed by atoms with Crippen LogP contribution in [0.5, 0.6) is 0 Å². The second-order valence-corrected chi connectivity index (χ2v) is 14.1. The summed E-state index contributed by atoms with van der Waals surface area (Å²) in [6, 6.07) is 11.2. The van der Waals surface area contributed by atoms with Crippen LogP contribution >= 0.6 is 0 Å². The minimum absolute atomic E-state index is 0.350. The summed E-state index contributed by atoms with van der Waals surface area (Å²) in [5.41, 5.74) is 3.52. The second kappa shape index (κ2) is 9.21. The summed E-state index contributed by atoms with van der Waals surface area (Å²) in [4.78, 5) is 0. The van der Waals surface area contributed by atoms with Gasteiger partial charge in [0.15, 0.2) is 0 Å². The van der Waals surface area contributed by atoms with Crippen LogP contribution in [-0.2, 0) is 6.42 Å². The fourth-order valence-electron chi connectivity index (χ4n) is 9.98. The molecule has 0 amide bonds. The smallest absolute Gasteiger partial charge is 0.133 e. The molecular formula is C33H49N3. The van der Waals surface area contributed by atoms with E-state index in [0.717, 1.165) is 41.2 Å². The molecule has 36 heavy (non-hydrogen) atoms. The number of hydrogen-bond donors (Lipinski definition) is 1. The number of aromatic nitrogens is 2. The van der Waals surface area contributed by atoms with E-state index >= 15 is 0 Å². The predicted molar refractivity (Wildman–Crippen MR) is 150 cm³/mol. The molecule has 1 aliphatic heterocycles. The molecule has 3 aliphatic carbocycles. The molecule has 0 unspecified atom stereocenters. The molecule has 0 saturated heterocycles. The van der Waals surface area contributed by atoms with Crippen LogP contribution in [0.3, 0.4) is 0 Å². The maximum atomic E-state index is 4.84. The Bertz CT molecular complexity index is 1060. The first-order valence-electron chi connectivity index (χ1n) is 15.2. The predicted octanol–water partition coefficient (Wildman–Crippen LogP) is 8.53. The first kappa shape index (κ1) is 24.6. The zero-order valence-electron chi connectivity index (χ0n) is 23.5. The van der Waals surface area contributed by atoms with Gasteiger partial charge in [-0.05, 0) is 103 Å². The van der Waals surface area contributed by atoms with Crippen molar-refractivity contribution >= 4 is 5.82 Å². The Morgan fingerprint density at radius 3 is 2.50 bits per heavy atom. The molecule has 8 atom stereocenters. The third-order valence-corrected chi connectivity index (χ3v) is 11.8. The quantitative estimate of drug-likeness (QED) is 0.442. The van der Waals surface area contributed by atoms with E-state index in [1.54, 1.807) is 0 Å². The molecule has 2 aromatic rings. The Balaban J connectivity index is 1.21. The van der Waals surface area contributed by atoms with Crippen molar-refractivity contribution in [2.45, 2.75) is 105 Å².